The number of thioether (sulfide) groups is 1. The Morgan fingerprint density at radius 3 is 2.53 bits per heavy atom. The van der Waals surface area contributed by atoms with Gasteiger partial charge in [0.15, 0.2) is 0 Å². The van der Waals surface area contributed by atoms with Crippen molar-refractivity contribution in [1.29, 1.82) is 0 Å². The minimum absolute atomic E-state index is 0.0547. The molecular weight excluding hydrogens is 208 g/mol. The average Bonchev–Trinajstić information content (AvgIpc) is 2.22. The summed E-state index contributed by atoms with van der Waals surface area (Å²) in [6.45, 7) is 9.87. The zero-order valence-corrected chi connectivity index (χ0v) is 11.1. The lowest BCUT2D eigenvalue weighted by atomic mass is 10.1. The van der Waals surface area contributed by atoms with E-state index in [0.29, 0.717) is 0 Å². The lowest BCUT2D eigenvalue weighted by Gasteiger charge is -2.17. The molecule has 2 atom stereocenters. The molecule has 1 amide bonds. The van der Waals surface area contributed by atoms with E-state index in [1.165, 1.54) is 0 Å². The van der Waals surface area contributed by atoms with Crippen LogP contribution < -0.4 is 10.6 Å². The monoisotopic (exact) mass is 232 g/mol. The number of carbonyl (C=O) groups is 1. The molecule has 0 radical (unpaired) electrons. The zero-order chi connectivity index (χ0) is 11.7. The van der Waals surface area contributed by atoms with Gasteiger partial charge in [-0.05, 0) is 19.2 Å². The molecule has 0 saturated carbocycles. The standard InChI is InChI=1S/C11H24N2OS/c1-5-12-7-9(3)11(14)13-10(4)8-15-6-2/h9-10,12H,5-8H2,1-4H3,(H,13,14). The third-order valence-electron chi connectivity index (χ3n) is 2.11. The normalized spacial score (nSPS) is 14.7. The quantitative estimate of drug-likeness (QED) is 0.666. The van der Waals surface area contributed by atoms with Gasteiger partial charge in [0.1, 0.15) is 0 Å². The SMILES string of the molecule is CCNCC(C)C(=O)NC(C)CSCC. The molecule has 0 heterocycles. The van der Waals surface area contributed by atoms with Crippen molar-refractivity contribution in [2.75, 3.05) is 24.6 Å². The first kappa shape index (κ1) is 14.8. The summed E-state index contributed by atoms with van der Waals surface area (Å²) in [6, 6.07) is 0.270. The molecule has 0 fully saturated rings. The average molecular weight is 232 g/mol. The van der Waals surface area contributed by atoms with E-state index in [2.05, 4.69) is 24.5 Å². The van der Waals surface area contributed by atoms with Crippen LogP contribution in [0, 0.1) is 5.92 Å². The van der Waals surface area contributed by atoms with Crippen molar-refractivity contribution >= 4 is 17.7 Å². The van der Waals surface area contributed by atoms with Gasteiger partial charge in [0.05, 0.1) is 0 Å². The highest BCUT2D eigenvalue weighted by molar-refractivity contribution is 7.99. The molecule has 0 rings (SSSR count). The second-order valence-electron chi connectivity index (χ2n) is 3.78. The van der Waals surface area contributed by atoms with Gasteiger partial charge < -0.3 is 10.6 Å². The third-order valence-corrected chi connectivity index (χ3v) is 3.25. The van der Waals surface area contributed by atoms with E-state index < -0.39 is 0 Å². The zero-order valence-electron chi connectivity index (χ0n) is 10.3. The molecule has 0 aliphatic rings. The minimum Gasteiger partial charge on any atom is -0.353 e. The van der Waals surface area contributed by atoms with Gasteiger partial charge in [-0.2, -0.15) is 11.8 Å². The van der Waals surface area contributed by atoms with Crippen molar-refractivity contribution in [3.63, 3.8) is 0 Å². The van der Waals surface area contributed by atoms with Crippen LogP contribution in [-0.4, -0.2) is 36.5 Å². The first-order valence-electron chi connectivity index (χ1n) is 5.70. The highest BCUT2D eigenvalue weighted by Gasteiger charge is 2.14. The highest BCUT2D eigenvalue weighted by Crippen LogP contribution is 2.02. The summed E-state index contributed by atoms with van der Waals surface area (Å²) in [6.07, 6.45) is 0. The van der Waals surface area contributed by atoms with E-state index in [9.17, 15) is 4.79 Å². The van der Waals surface area contributed by atoms with Crippen LogP contribution >= 0.6 is 11.8 Å². The van der Waals surface area contributed by atoms with E-state index >= 15 is 0 Å². The summed E-state index contributed by atoms with van der Waals surface area (Å²) < 4.78 is 0. The number of rotatable bonds is 8. The van der Waals surface area contributed by atoms with E-state index in [0.717, 1.165) is 24.6 Å². The molecule has 0 aliphatic carbocycles. The van der Waals surface area contributed by atoms with Crippen LogP contribution in [0.3, 0.4) is 0 Å². The van der Waals surface area contributed by atoms with Gasteiger partial charge in [-0.1, -0.05) is 20.8 Å². The maximum absolute atomic E-state index is 11.7. The van der Waals surface area contributed by atoms with Crippen molar-refractivity contribution in [1.82, 2.24) is 10.6 Å². The second kappa shape index (κ2) is 9.04. The smallest absolute Gasteiger partial charge is 0.224 e. The van der Waals surface area contributed by atoms with Crippen molar-refractivity contribution in [2.24, 2.45) is 5.92 Å². The summed E-state index contributed by atoms with van der Waals surface area (Å²) in [5, 5.41) is 6.20. The number of hydrogen-bond acceptors (Lipinski definition) is 3. The van der Waals surface area contributed by atoms with Gasteiger partial charge in [0.25, 0.3) is 0 Å². The van der Waals surface area contributed by atoms with E-state index in [4.69, 9.17) is 0 Å². The predicted octanol–water partition coefficient (Wildman–Crippen LogP) is 1.49. The molecule has 0 saturated heterocycles. The Morgan fingerprint density at radius 1 is 1.33 bits per heavy atom. The maximum Gasteiger partial charge on any atom is 0.224 e. The van der Waals surface area contributed by atoms with E-state index in [1.54, 1.807) is 0 Å². The van der Waals surface area contributed by atoms with Crippen LogP contribution in [-0.2, 0) is 4.79 Å². The largest absolute Gasteiger partial charge is 0.353 e. The first-order valence-corrected chi connectivity index (χ1v) is 6.86. The number of hydrogen-bond donors (Lipinski definition) is 2. The molecule has 0 aliphatic heterocycles. The Kier molecular flexibility index (Phi) is 8.91. The highest BCUT2D eigenvalue weighted by atomic mass is 32.2. The van der Waals surface area contributed by atoms with Crippen molar-refractivity contribution in [2.45, 2.75) is 33.7 Å². The Morgan fingerprint density at radius 2 is 2.00 bits per heavy atom. The van der Waals surface area contributed by atoms with Crippen LogP contribution in [0.5, 0.6) is 0 Å². The Bertz CT molecular complexity index is 176. The van der Waals surface area contributed by atoms with Gasteiger partial charge >= 0.3 is 0 Å². The van der Waals surface area contributed by atoms with Crippen LogP contribution in [0.1, 0.15) is 27.7 Å². The Balaban J connectivity index is 3.70. The summed E-state index contributed by atoms with van der Waals surface area (Å²) in [5.41, 5.74) is 0. The van der Waals surface area contributed by atoms with Crippen LogP contribution in [0.25, 0.3) is 0 Å². The van der Waals surface area contributed by atoms with Crippen LogP contribution in [0.2, 0.25) is 0 Å². The van der Waals surface area contributed by atoms with Gasteiger partial charge in [-0.25, -0.2) is 0 Å². The Labute approximate surface area is 97.8 Å². The van der Waals surface area contributed by atoms with Gasteiger partial charge in [0.2, 0.25) is 5.91 Å². The molecule has 3 nitrogen and oxygen atoms in total. The number of amides is 1. The van der Waals surface area contributed by atoms with Gasteiger partial charge in [-0.3, -0.25) is 4.79 Å². The molecule has 0 aromatic rings. The lowest BCUT2D eigenvalue weighted by molar-refractivity contribution is -0.124. The Hall–Kier alpha value is -0.220. The number of nitrogens with one attached hydrogen (secondary N) is 2. The molecule has 0 aromatic carbocycles. The molecule has 0 spiro atoms. The predicted molar refractivity (Wildman–Crippen MR) is 68.3 cm³/mol. The van der Waals surface area contributed by atoms with Gasteiger partial charge in [-0.15, -0.1) is 0 Å². The third kappa shape index (κ3) is 7.68. The maximum atomic E-state index is 11.7. The molecular formula is C11H24N2OS. The van der Waals surface area contributed by atoms with E-state index in [-0.39, 0.29) is 17.9 Å². The fourth-order valence-electron chi connectivity index (χ4n) is 1.17. The summed E-state index contributed by atoms with van der Waals surface area (Å²) >= 11 is 1.86. The summed E-state index contributed by atoms with van der Waals surface area (Å²) in [5.74, 6) is 2.31. The molecule has 15 heavy (non-hydrogen) atoms. The fraction of sp³-hybridized carbons (Fsp3) is 0.909. The second-order valence-corrected chi connectivity index (χ2v) is 5.10. The van der Waals surface area contributed by atoms with E-state index in [1.807, 2.05) is 25.6 Å². The molecule has 0 bridgehead atoms. The fourth-order valence-corrected chi connectivity index (χ4v) is 1.85. The van der Waals surface area contributed by atoms with Crippen molar-refractivity contribution in [3.05, 3.63) is 0 Å². The van der Waals surface area contributed by atoms with Crippen molar-refractivity contribution < 1.29 is 4.79 Å². The summed E-state index contributed by atoms with van der Waals surface area (Å²) in [4.78, 5) is 11.7. The topological polar surface area (TPSA) is 41.1 Å². The minimum atomic E-state index is 0.0547. The number of carbonyl (C=O) groups excluding carboxylic acids is 1. The molecule has 90 valence electrons. The van der Waals surface area contributed by atoms with Crippen LogP contribution in [0.15, 0.2) is 0 Å². The van der Waals surface area contributed by atoms with Crippen LogP contribution in [0.4, 0.5) is 0 Å². The molecule has 2 N–H and O–H groups in total. The lowest BCUT2D eigenvalue weighted by Crippen LogP contribution is -2.40. The molecule has 4 heteroatoms. The summed E-state index contributed by atoms with van der Waals surface area (Å²) in [7, 11) is 0. The van der Waals surface area contributed by atoms with Gasteiger partial charge in [0, 0.05) is 24.3 Å². The molecule has 0 aromatic heterocycles. The van der Waals surface area contributed by atoms with Crippen molar-refractivity contribution in [3.8, 4) is 0 Å². The molecule has 2 unspecified atom stereocenters. The first-order chi connectivity index (χ1) is 7.11.